The largest absolute Gasteiger partial charge is 0.368 e. The maximum atomic E-state index is 13.5. The molecule has 0 bridgehead atoms. The summed E-state index contributed by atoms with van der Waals surface area (Å²) in [5.41, 5.74) is 3.86. The predicted molar refractivity (Wildman–Crippen MR) is 121 cm³/mol. The summed E-state index contributed by atoms with van der Waals surface area (Å²) in [5, 5.41) is 4.61. The highest BCUT2D eigenvalue weighted by molar-refractivity contribution is 5.94. The van der Waals surface area contributed by atoms with Gasteiger partial charge >= 0.3 is 0 Å². The minimum Gasteiger partial charge on any atom is -0.368 e. The number of hydrogen-bond donors (Lipinski definition) is 0. The normalized spacial score (nSPS) is 13.9. The number of nitrogens with zero attached hydrogens (tertiary/aromatic N) is 5. The average molecular weight is 427 g/mol. The molecule has 4 aromatic rings. The fourth-order valence-electron chi connectivity index (χ4n) is 3.96. The molecule has 0 spiro atoms. The van der Waals surface area contributed by atoms with E-state index in [2.05, 4.69) is 27.1 Å². The number of pyridine rings is 1. The molecule has 1 fully saturated rings. The van der Waals surface area contributed by atoms with Crippen LogP contribution in [0.1, 0.15) is 10.5 Å². The number of aromatic nitrogens is 3. The van der Waals surface area contributed by atoms with E-state index in [0.717, 1.165) is 24.3 Å². The van der Waals surface area contributed by atoms with Gasteiger partial charge in [0.05, 0.1) is 11.4 Å². The van der Waals surface area contributed by atoms with Gasteiger partial charge in [0.15, 0.2) is 5.69 Å². The zero-order chi connectivity index (χ0) is 21.9. The summed E-state index contributed by atoms with van der Waals surface area (Å²) < 4.78 is 15.1. The van der Waals surface area contributed by atoms with E-state index in [1.165, 1.54) is 17.8 Å². The van der Waals surface area contributed by atoms with Crippen molar-refractivity contribution in [2.75, 3.05) is 31.1 Å². The Morgan fingerprint density at radius 2 is 1.50 bits per heavy atom. The lowest BCUT2D eigenvalue weighted by molar-refractivity contribution is 0.0740. The van der Waals surface area contributed by atoms with Crippen molar-refractivity contribution in [1.82, 2.24) is 19.7 Å². The first-order valence-corrected chi connectivity index (χ1v) is 10.5. The summed E-state index contributed by atoms with van der Waals surface area (Å²) in [6, 6.07) is 21.8. The van der Waals surface area contributed by atoms with Crippen molar-refractivity contribution in [1.29, 1.82) is 0 Å². The molecule has 2 aromatic carbocycles. The van der Waals surface area contributed by atoms with Gasteiger partial charge in [-0.2, -0.15) is 5.10 Å². The lowest BCUT2D eigenvalue weighted by Gasteiger charge is -2.35. The van der Waals surface area contributed by atoms with Crippen LogP contribution < -0.4 is 4.90 Å². The fourth-order valence-corrected chi connectivity index (χ4v) is 3.96. The molecular formula is C25H22FN5O. The maximum Gasteiger partial charge on any atom is 0.274 e. The summed E-state index contributed by atoms with van der Waals surface area (Å²) in [5.74, 6) is -0.423. The van der Waals surface area contributed by atoms with Crippen molar-refractivity contribution >= 4 is 11.6 Å². The number of benzene rings is 2. The van der Waals surface area contributed by atoms with Gasteiger partial charge in [-0.05, 0) is 54.6 Å². The topological polar surface area (TPSA) is 54.3 Å². The van der Waals surface area contributed by atoms with E-state index in [4.69, 9.17) is 0 Å². The molecule has 1 amide bonds. The molecule has 0 aliphatic carbocycles. The fraction of sp³-hybridized carbons (Fsp3) is 0.160. The second-order valence-electron chi connectivity index (χ2n) is 7.65. The Labute approximate surface area is 185 Å². The Kier molecular flexibility index (Phi) is 5.37. The highest BCUT2D eigenvalue weighted by atomic mass is 19.1. The lowest BCUT2D eigenvalue weighted by atomic mass is 10.1. The van der Waals surface area contributed by atoms with E-state index in [9.17, 15) is 9.18 Å². The van der Waals surface area contributed by atoms with Crippen LogP contribution in [0.5, 0.6) is 0 Å². The molecule has 3 heterocycles. The van der Waals surface area contributed by atoms with Crippen molar-refractivity contribution in [3.05, 3.63) is 96.7 Å². The molecule has 0 unspecified atom stereocenters. The first kappa shape index (κ1) is 19.9. The number of halogens is 1. The highest BCUT2D eigenvalue weighted by Crippen LogP contribution is 2.25. The summed E-state index contributed by atoms with van der Waals surface area (Å²) in [6.07, 6.45) is 3.39. The van der Waals surface area contributed by atoms with E-state index in [0.29, 0.717) is 24.5 Å². The molecule has 1 saturated heterocycles. The van der Waals surface area contributed by atoms with E-state index in [1.54, 1.807) is 35.3 Å². The Hall–Kier alpha value is -4.00. The van der Waals surface area contributed by atoms with Crippen LogP contribution in [0.3, 0.4) is 0 Å². The molecule has 7 heteroatoms. The average Bonchev–Trinajstić information content (AvgIpc) is 3.31. The molecular weight excluding hydrogens is 405 g/mol. The monoisotopic (exact) mass is 427 g/mol. The van der Waals surface area contributed by atoms with Crippen LogP contribution >= 0.6 is 0 Å². The molecule has 1 aliphatic rings. The van der Waals surface area contributed by atoms with Gasteiger partial charge in [0.1, 0.15) is 5.82 Å². The van der Waals surface area contributed by atoms with Crippen LogP contribution in [0, 0.1) is 5.82 Å². The van der Waals surface area contributed by atoms with Gasteiger partial charge in [0.25, 0.3) is 5.91 Å². The van der Waals surface area contributed by atoms with Crippen LogP contribution in [-0.2, 0) is 0 Å². The van der Waals surface area contributed by atoms with E-state index < -0.39 is 0 Å². The second-order valence-corrected chi connectivity index (χ2v) is 7.65. The smallest absolute Gasteiger partial charge is 0.274 e. The summed E-state index contributed by atoms with van der Waals surface area (Å²) in [6.45, 7) is 2.79. The molecule has 0 saturated carbocycles. The van der Waals surface area contributed by atoms with E-state index >= 15 is 0 Å². The Balaban J connectivity index is 1.41. The third kappa shape index (κ3) is 3.97. The van der Waals surface area contributed by atoms with Crippen molar-refractivity contribution < 1.29 is 9.18 Å². The molecule has 5 rings (SSSR count). The standard InChI is InChI=1S/C25H22FN5O/c26-20-6-8-22(9-7-20)31-24(19-10-12-27-13-11-19)18-23(28-31)25(32)30-16-14-29(15-17-30)21-4-2-1-3-5-21/h1-13,18H,14-17H2. The minimum absolute atomic E-state index is 0.103. The number of carbonyl (C=O) groups is 1. The first-order chi connectivity index (χ1) is 15.7. The van der Waals surface area contributed by atoms with Crippen LogP contribution in [0.4, 0.5) is 10.1 Å². The minimum atomic E-state index is -0.320. The maximum absolute atomic E-state index is 13.5. The number of amides is 1. The quantitative estimate of drug-likeness (QED) is 0.493. The summed E-state index contributed by atoms with van der Waals surface area (Å²) in [4.78, 5) is 21.5. The van der Waals surface area contributed by atoms with Crippen LogP contribution in [0.2, 0.25) is 0 Å². The van der Waals surface area contributed by atoms with Crippen LogP contribution in [0.15, 0.2) is 85.2 Å². The molecule has 0 atom stereocenters. The molecule has 0 N–H and O–H groups in total. The summed E-state index contributed by atoms with van der Waals surface area (Å²) in [7, 11) is 0. The van der Waals surface area contributed by atoms with E-state index in [1.807, 2.05) is 35.2 Å². The first-order valence-electron chi connectivity index (χ1n) is 10.5. The van der Waals surface area contributed by atoms with Crippen molar-refractivity contribution in [2.45, 2.75) is 0 Å². The predicted octanol–water partition coefficient (Wildman–Crippen LogP) is 4.04. The van der Waals surface area contributed by atoms with Gasteiger partial charge in [-0.25, -0.2) is 9.07 Å². The third-order valence-corrected chi connectivity index (χ3v) is 5.66. The Bertz CT molecular complexity index is 1200. The van der Waals surface area contributed by atoms with Crippen molar-refractivity contribution in [2.24, 2.45) is 0 Å². The van der Waals surface area contributed by atoms with E-state index in [-0.39, 0.29) is 11.7 Å². The second kappa shape index (κ2) is 8.63. The molecule has 0 radical (unpaired) electrons. The van der Waals surface area contributed by atoms with Crippen LogP contribution in [0.25, 0.3) is 16.9 Å². The van der Waals surface area contributed by atoms with Crippen LogP contribution in [-0.4, -0.2) is 51.8 Å². The number of para-hydroxylation sites is 1. The number of rotatable bonds is 4. The highest BCUT2D eigenvalue weighted by Gasteiger charge is 2.25. The molecule has 2 aromatic heterocycles. The zero-order valence-corrected chi connectivity index (χ0v) is 17.4. The number of hydrogen-bond acceptors (Lipinski definition) is 4. The SMILES string of the molecule is O=C(c1cc(-c2ccncc2)n(-c2ccc(F)cc2)n1)N1CCN(c2ccccc2)CC1. The number of piperazine rings is 1. The van der Waals surface area contributed by atoms with Gasteiger partial charge in [0, 0.05) is 49.8 Å². The molecule has 6 nitrogen and oxygen atoms in total. The van der Waals surface area contributed by atoms with Crippen molar-refractivity contribution in [3.63, 3.8) is 0 Å². The lowest BCUT2D eigenvalue weighted by Crippen LogP contribution is -2.48. The Morgan fingerprint density at radius 1 is 0.812 bits per heavy atom. The van der Waals surface area contributed by atoms with Gasteiger partial charge in [0.2, 0.25) is 0 Å². The Morgan fingerprint density at radius 3 is 2.19 bits per heavy atom. The van der Waals surface area contributed by atoms with Crippen molar-refractivity contribution in [3.8, 4) is 16.9 Å². The third-order valence-electron chi connectivity index (χ3n) is 5.66. The molecule has 160 valence electrons. The molecule has 1 aliphatic heterocycles. The molecule has 32 heavy (non-hydrogen) atoms. The van der Waals surface area contributed by atoms with Gasteiger partial charge in [-0.1, -0.05) is 18.2 Å². The van der Waals surface area contributed by atoms with Gasteiger partial charge in [-0.15, -0.1) is 0 Å². The van der Waals surface area contributed by atoms with Gasteiger partial charge in [-0.3, -0.25) is 9.78 Å². The zero-order valence-electron chi connectivity index (χ0n) is 17.4. The summed E-state index contributed by atoms with van der Waals surface area (Å²) >= 11 is 0. The number of carbonyl (C=O) groups excluding carboxylic acids is 1. The van der Waals surface area contributed by atoms with Gasteiger partial charge < -0.3 is 9.80 Å². The number of anilines is 1.